The van der Waals surface area contributed by atoms with E-state index in [0.717, 1.165) is 17.7 Å². The predicted molar refractivity (Wildman–Crippen MR) is 102 cm³/mol. The topological polar surface area (TPSA) is 65.4 Å². The molecule has 1 aliphatic heterocycles. The van der Waals surface area contributed by atoms with Crippen molar-refractivity contribution in [1.29, 1.82) is 0 Å². The molecule has 1 amide bonds. The molecule has 0 saturated carbocycles. The van der Waals surface area contributed by atoms with Gasteiger partial charge < -0.3 is 14.8 Å². The molecule has 0 radical (unpaired) electrons. The molecule has 2 aromatic carbocycles. The number of aromatic nitrogens is 2. The van der Waals surface area contributed by atoms with E-state index in [0.29, 0.717) is 41.8 Å². The van der Waals surface area contributed by atoms with Gasteiger partial charge >= 0.3 is 0 Å². The van der Waals surface area contributed by atoms with Gasteiger partial charge in [0.15, 0.2) is 11.5 Å². The average Bonchev–Trinajstić information content (AvgIpc) is 3.06. The standard InChI is InChI=1S/C20H18ClN3O3/c21-17-9-14(10-18-19(17)27-8-4-7-26-18)11-22-20(25)15-12-23-24(13-15)16-5-2-1-3-6-16/h1-3,5-6,9-10,12-13H,4,7-8,11H2,(H,22,25). The van der Waals surface area contributed by atoms with Crippen LogP contribution in [0.25, 0.3) is 5.69 Å². The number of hydrogen-bond donors (Lipinski definition) is 1. The van der Waals surface area contributed by atoms with Crippen molar-refractivity contribution >= 4 is 17.5 Å². The van der Waals surface area contributed by atoms with E-state index in [1.807, 2.05) is 36.4 Å². The fourth-order valence-corrected chi connectivity index (χ4v) is 3.12. The van der Waals surface area contributed by atoms with Crippen LogP contribution in [0.15, 0.2) is 54.9 Å². The van der Waals surface area contributed by atoms with Gasteiger partial charge in [0.1, 0.15) is 0 Å². The van der Waals surface area contributed by atoms with Gasteiger partial charge in [-0.25, -0.2) is 4.68 Å². The fourth-order valence-electron chi connectivity index (χ4n) is 2.83. The Balaban J connectivity index is 1.45. The molecule has 3 aromatic rings. The van der Waals surface area contributed by atoms with Crippen molar-refractivity contribution in [3.05, 3.63) is 71.0 Å². The molecule has 0 fully saturated rings. The molecule has 0 saturated heterocycles. The van der Waals surface area contributed by atoms with Crippen LogP contribution in [0.4, 0.5) is 0 Å². The molecule has 0 unspecified atom stereocenters. The summed E-state index contributed by atoms with van der Waals surface area (Å²) in [6, 6.07) is 13.3. The number of benzene rings is 2. The van der Waals surface area contributed by atoms with Gasteiger partial charge in [-0.05, 0) is 29.8 Å². The Hall–Kier alpha value is -2.99. The maximum absolute atomic E-state index is 12.4. The minimum atomic E-state index is -0.208. The van der Waals surface area contributed by atoms with E-state index in [-0.39, 0.29) is 5.91 Å². The van der Waals surface area contributed by atoms with Crippen molar-refractivity contribution < 1.29 is 14.3 Å². The maximum Gasteiger partial charge on any atom is 0.254 e. The van der Waals surface area contributed by atoms with Gasteiger partial charge in [0, 0.05) is 19.2 Å². The van der Waals surface area contributed by atoms with Crippen molar-refractivity contribution in [2.45, 2.75) is 13.0 Å². The number of para-hydroxylation sites is 1. The first-order chi connectivity index (χ1) is 13.2. The molecule has 6 nitrogen and oxygen atoms in total. The Morgan fingerprint density at radius 1 is 1.19 bits per heavy atom. The summed E-state index contributed by atoms with van der Waals surface area (Å²) < 4.78 is 13.0. The number of ether oxygens (including phenoxy) is 2. The summed E-state index contributed by atoms with van der Waals surface area (Å²) in [5.41, 5.74) is 2.22. The lowest BCUT2D eigenvalue weighted by Crippen LogP contribution is -2.22. The number of rotatable bonds is 4. The summed E-state index contributed by atoms with van der Waals surface area (Å²) in [4.78, 5) is 12.4. The van der Waals surface area contributed by atoms with Crippen molar-refractivity contribution in [2.75, 3.05) is 13.2 Å². The molecular weight excluding hydrogens is 366 g/mol. The number of hydrogen-bond acceptors (Lipinski definition) is 4. The Morgan fingerprint density at radius 3 is 2.85 bits per heavy atom. The largest absolute Gasteiger partial charge is 0.489 e. The van der Waals surface area contributed by atoms with Gasteiger partial charge in [-0.2, -0.15) is 5.10 Å². The molecule has 1 N–H and O–H groups in total. The number of nitrogens with zero attached hydrogens (tertiary/aromatic N) is 2. The minimum Gasteiger partial charge on any atom is -0.489 e. The first-order valence-electron chi connectivity index (χ1n) is 8.67. The van der Waals surface area contributed by atoms with Crippen molar-refractivity contribution in [3.63, 3.8) is 0 Å². The predicted octanol–water partition coefficient (Wildman–Crippen LogP) is 3.62. The van der Waals surface area contributed by atoms with E-state index in [4.69, 9.17) is 21.1 Å². The summed E-state index contributed by atoms with van der Waals surface area (Å²) in [6.07, 6.45) is 4.05. The molecule has 1 aliphatic rings. The second kappa shape index (κ2) is 7.72. The van der Waals surface area contributed by atoms with Gasteiger partial charge in [0.2, 0.25) is 0 Å². The highest BCUT2D eigenvalue weighted by Gasteiger charge is 2.16. The summed E-state index contributed by atoms with van der Waals surface area (Å²) in [5.74, 6) is 0.968. The van der Waals surface area contributed by atoms with Crippen molar-refractivity contribution in [1.82, 2.24) is 15.1 Å². The third kappa shape index (κ3) is 3.90. The van der Waals surface area contributed by atoms with Gasteiger partial charge in [-0.3, -0.25) is 4.79 Å². The van der Waals surface area contributed by atoms with E-state index in [1.165, 1.54) is 0 Å². The first kappa shape index (κ1) is 17.4. The lowest BCUT2D eigenvalue weighted by molar-refractivity contribution is 0.0951. The van der Waals surface area contributed by atoms with E-state index < -0.39 is 0 Å². The lowest BCUT2D eigenvalue weighted by atomic mass is 10.2. The normalized spacial score (nSPS) is 13.1. The molecule has 2 heterocycles. The third-order valence-corrected chi connectivity index (χ3v) is 4.46. The average molecular weight is 384 g/mol. The molecule has 7 heteroatoms. The molecule has 0 bridgehead atoms. The Morgan fingerprint density at radius 2 is 2.00 bits per heavy atom. The van der Waals surface area contributed by atoms with Crippen LogP contribution >= 0.6 is 11.6 Å². The van der Waals surface area contributed by atoms with Crippen LogP contribution in [-0.2, 0) is 6.54 Å². The molecule has 4 rings (SSSR count). The van der Waals surface area contributed by atoms with Gasteiger partial charge in [-0.1, -0.05) is 29.8 Å². The molecule has 0 aliphatic carbocycles. The SMILES string of the molecule is O=C(NCc1cc(Cl)c2c(c1)OCCCO2)c1cnn(-c2ccccc2)c1. The summed E-state index contributed by atoms with van der Waals surface area (Å²) in [7, 11) is 0. The first-order valence-corrected chi connectivity index (χ1v) is 9.05. The lowest BCUT2D eigenvalue weighted by Gasteiger charge is -2.12. The highest BCUT2D eigenvalue weighted by Crippen LogP contribution is 2.37. The number of carbonyl (C=O) groups is 1. The minimum absolute atomic E-state index is 0.208. The smallest absolute Gasteiger partial charge is 0.254 e. The second-order valence-electron chi connectivity index (χ2n) is 6.15. The zero-order valence-corrected chi connectivity index (χ0v) is 15.3. The number of fused-ring (bicyclic) bond motifs is 1. The highest BCUT2D eigenvalue weighted by atomic mass is 35.5. The molecule has 138 valence electrons. The van der Waals surface area contributed by atoms with Crippen LogP contribution in [0.1, 0.15) is 22.3 Å². The van der Waals surface area contributed by atoms with Crippen molar-refractivity contribution in [2.24, 2.45) is 0 Å². The Bertz CT molecular complexity index is 956. The van der Waals surface area contributed by atoms with Crippen LogP contribution in [-0.4, -0.2) is 28.9 Å². The number of nitrogens with one attached hydrogen (secondary N) is 1. The number of amides is 1. The highest BCUT2D eigenvalue weighted by molar-refractivity contribution is 6.32. The van der Waals surface area contributed by atoms with Gasteiger partial charge in [-0.15, -0.1) is 0 Å². The van der Waals surface area contributed by atoms with E-state index in [2.05, 4.69) is 10.4 Å². The van der Waals surface area contributed by atoms with Crippen LogP contribution in [0, 0.1) is 0 Å². The number of halogens is 1. The zero-order valence-electron chi connectivity index (χ0n) is 14.5. The monoisotopic (exact) mass is 383 g/mol. The maximum atomic E-state index is 12.4. The van der Waals surface area contributed by atoms with Crippen LogP contribution < -0.4 is 14.8 Å². The third-order valence-electron chi connectivity index (χ3n) is 4.18. The summed E-state index contributed by atoms with van der Waals surface area (Å²) in [5, 5.41) is 7.61. The number of carbonyl (C=O) groups excluding carboxylic acids is 1. The van der Waals surface area contributed by atoms with Gasteiger partial charge in [0.25, 0.3) is 5.91 Å². The molecule has 27 heavy (non-hydrogen) atoms. The van der Waals surface area contributed by atoms with Crippen LogP contribution in [0.3, 0.4) is 0 Å². The summed E-state index contributed by atoms with van der Waals surface area (Å²) >= 11 is 6.29. The molecular formula is C20H18ClN3O3. The Kier molecular flexibility index (Phi) is 4.98. The van der Waals surface area contributed by atoms with Gasteiger partial charge in [0.05, 0.1) is 35.7 Å². The zero-order chi connectivity index (χ0) is 18.6. The Labute approximate surface area is 161 Å². The molecule has 1 aromatic heterocycles. The fraction of sp³-hybridized carbons (Fsp3) is 0.200. The molecule has 0 atom stereocenters. The van der Waals surface area contributed by atoms with Crippen LogP contribution in [0.2, 0.25) is 5.02 Å². The van der Waals surface area contributed by atoms with Crippen molar-refractivity contribution in [3.8, 4) is 17.2 Å². The van der Waals surface area contributed by atoms with E-state index in [9.17, 15) is 4.79 Å². The van der Waals surface area contributed by atoms with Crippen LogP contribution in [0.5, 0.6) is 11.5 Å². The molecule has 0 spiro atoms. The van der Waals surface area contributed by atoms with E-state index >= 15 is 0 Å². The quantitative estimate of drug-likeness (QED) is 0.747. The second-order valence-corrected chi connectivity index (χ2v) is 6.55. The van der Waals surface area contributed by atoms with E-state index in [1.54, 1.807) is 23.1 Å². The summed E-state index contributed by atoms with van der Waals surface area (Å²) in [6.45, 7) is 1.48.